The lowest BCUT2D eigenvalue weighted by Crippen LogP contribution is -2.12. The summed E-state index contributed by atoms with van der Waals surface area (Å²) in [6, 6.07) is 11.7. The first-order chi connectivity index (χ1) is 13.5. The monoisotopic (exact) mass is 396 g/mol. The number of methoxy groups -OCH3 is 1. The van der Waals surface area contributed by atoms with Crippen molar-refractivity contribution in [2.24, 2.45) is 0 Å². The molecule has 0 unspecified atom stereocenters. The molecule has 1 fully saturated rings. The number of ether oxygens (including phenoxy) is 1. The molecule has 0 radical (unpaired) electrons. The number of H-pyrrole nitrogens is 1. The zero-order valence-corrected chi connectivity index (χ0v) is 15.7. The zero-order chi connectivity index (χ0) is 19.5. The van der Waals surface area contributed by atoms with Crippen molar-refractivity contribution in [3.8, 4) is 5.75 Å². The molecule has 5 rings (SSSR count). The second kappa shape index (κ2) is 5.90. The van der Waals surface area contributed by atoms with E-state index in [1.165, 1.54) is 11.6 Å². The average Bonchev–Trinajstić information content (AvgIpc) is 3.47. The lowest BCUT2D eigenvalue weighted by Gasteiger charge is -2.05. The van der Waals surface area contributed by atoms with E-state index in [2.05, 4.69) is 15.3 Å². The smallest absolute Gasteiger partial charge is 0.281 e. The maximum absolute atomic E-state index is 13.1. The fourth-order valence-corrected chi connectivity index (χ4v) is 4.60. The van der Waals surface area contributed by atoms with Gasteiger partial charge in [-0.2, -0.15) is 4.98 Å². The molecule has 9 heteroatoms. The Morgan fingerprint density at radius 1 is 1.14 bits per heavy atom. The highest BCUT2D eigenvalue weighted by Crippen LogP contribution is 2.40. The number of aromatic amines is 1. The van der Waals surface area contributed by atoms with E-state index in [1.54, 1.807) is 30.3 Å². The van der Waals surface area contributed by atoms with Crippen LogP contribution in [0.3, 0.4) is 0 Å². The molecule has 1 N–H and O–H groups in total. The Kier molecular flexibility index (Phi) is 3.57. The highest BCUT2D eigenvalue weighted by Gasteiger charge is 2.28. The van der Waals surface area contributed by atoms with E-state index in [1.807, 2.05) is 12.1 Å². The lowest BCUT2D eigenvalue weighted by molar-refractivity contribution is 0.415. The van der Waals surface area contributed by atoms with Gasteiger partial charge in [-0.1, -0.05) is 12.1 Å². The van der Waals surface area contributed by atoms with Gasteiger partial charge in [-0.3, -0.25) is 4.79 Å². The third-order valence-corrected chi connectivity index (χ3v) is 6.71. The van der Waals surface area contributed by atoms with E-state index in [9.17, 15) is 13.2 Å². The molecule has 2 aromatic heterocycles. The minimum atomic E-state index is -3.94. The summed E-state index contributed by atoms with van der Waals surface area (Å²) in [7, 11) is -2.43. The maximum atomic E-state index is 13.1. The molecule has 1 aliphatic carbocycles. The number of hydrogen-bond donors (Lipinski definition) is 1. The Bertz CT molecular complexity index is 1380. The van der Waals surface area contributed by atoms with Gasteiger partial charge in [0.05, 0.1) is 22.9 Å². The van der Waals surface area contributed by atoms with Crippen LogP contribution in [-0.4, -0.2) is 35.3 Å². The van der Waals surface area contributed by atoms with Gasteiger partial charge in [-0.15, -0.1) is 5.10 Å². The van der Waals surface area contributed by atoms with Crippen LogP contribution in [0.5, 0.6) is 5.75 Å². The normalized spacial score (nSPS) is 14.6. The quantitative estimate of drug-likeness (QED) is 0.567. The molecule has 0 saturated heterocycles. The molecule has 1 saturated carbocycles. The first-order valence-electron chi connectivity index (χ1n) is 8.79. The first-order valence-corrected chi connectivity index (χ1v) is 10.3. The maximum Gasteiger partial charge on any atom is 0.281 e. The highest BCUT2D eigenvalue weighted by molar-refractivity contribution is 7.91. The summed E-state index contributed by atoms with van der Waals surface area (Å²) in [5.74, 6) is 1.06. The summed E-state index contributed by atoms with van der Waals surface area (Å²) in [4.78, 5) is 16.5. The van der Waals surface area contributed by atoms with E-state index >= 15 is 0 Å². The third-order valence-electron chi connectivity index (χ3n) is 5.03. The number of nitrogens with zero attached hydrogens (tertiary/aromatic N) is 3. The number of fused-ring (bicyclic) bond motifs is 3. The predicted molar refractivity (Wildman–Crippen MR) is 102 cm³/mol. The van der Waals surface area contributed by atoms with Crippen molar-refractivity contribution in [2.45, 2.75) is 28.7 Å². The van der Waals surface area contributed by atoms with E-state index in [0.29, 0.717) is 22.6 Å². The van der Waals surface area contributed by atoms with E-state index in [0.717, 1.165) is 18.4 Å². The van der Waals surface area contributed by atoms with Gasteiger partial charge in [0.2, 0.25) is 14.9 Å². The van der Waals surface area contributed by atoms with Gasteiger partial charge in [-0.05, 0) is 48.6 Å². The van der Waals surface area contributed by atoms with E-state index < -0.39 is 15.4 Å². The molecule has 4 aromatic rings. The minimum absolute atomic E-state index is 0.0444. The summed E-state index contributed by atoms with van der Waals surface area (Å²) in [5.41, 5.74) is 1.00. The van der Waals surface area contributed by atoms with Crippen molar-refractivity contribution in [2.75, 3.05) is 7.11 Å². The van der Waals surface area contributed by atoms with Crippen molar-refractivity contribution in [1.82, 2.24) is 19.8 Å². The Labute approximate surface area is 159 Å². The van der Waals surface area contributed by atoms with Gasteiger partial charge in [0.25, 0.3) is 5.56 Å². The molecule has 2 heterocycles. The summed E-state index contributed by atoms with van der Waals surface area (Å²) < 4.78 is 32.8. The van der Waals surface area contributed by atoms with Crippen LogP contribution in [0.2, 0.25) is 0 Å². The van der Waals surface area contributed by atoms with Gasteiger partial charge >= 0.3 is 0 Å². The Morgan fingerprint density at radius 2 is 1.89 bits per heavy atom. The van der Waals surface area contributed by atoms with Gasteiger partial charge in [0.15, 0.2) is 5.65 Å². The molecule has 0 bridgehead atoms. The van der Waals surface area contributed by atoms with Crippen LogP contribution < -0.4 is 10.3 Å². The van der Waals surface area contributed by atoms with E-state index in [-0.39, 0.29) is 15.6 Å². The molecular weight excluding hydrogens is 380 g/mol. The number of rotatable bonds is 4. The predicted octanol–water partition coefficient (Wildman–Crippen LogP) is 2.29. The van der Waals surface area contributed by atoms with Crippen LogP contribution in [0, 0.1) is 0 Å². The van der Waals surface area contributed by atoms with Crippen molar-refractivity contribution in [3.63, 3.8) is 0 Å². The standard InChI is InChI=1S/C19H16N4O4S/c1-27-13-6-9-15-16(10-13)23-17(20-18(15)24)19(21-22-23)28(25,26)14-7-4-12(5-8-14)11-2-3-11/h4-11,22H,2-3H2,1H3. The summed E-state index contributed by atoms with van der Waals surface area (Å²) in [6.45, 7) is 0. The molecule has 1 aliphatic rings. The van der Waals surface area contributed by atoms with Crippen molar-refractivity contribution in [1.29, 1.82) is 0 Å². The molecule has 142 valence electrons. The molecule has 0 aliphatic heterocycles. The van der Waals surface area contributed by atoms with E-state index in [4.69, 9.17) is 4.74 Å². The largest absolute Gasteiger partial charge is 0.497 e. The molecule has 0 spiro atoms. The molecule has 0 atom stereocenters. The highest BCUT2D eigenvalue weighted by atomic mass is 32.2. The van der Waals surface area contributed by atoms with Gasteiger partial charge in [0.1, 0.15) is 5.75 Å². The third kappa shape index (κ3) is 2.50. The Hall–Kier alpha value is -3.20. The average molecular weight is 396 g/mol. The molecule has 8 nitrogen and oxygen atoms in total. The van der Waals surface area contributed by atoms with Crippen LogP contribution in [0.4, 0.5) is 0 Å². The van der Waals surface area contributed by atoms with Crippen LogP contribution in [0.1, 0.15) is 24.3 Å². The van der Waals surface area contributed by atoms with Crippen LogP contribution in [-0.2, 0) is 9.84 Å². The topological polar surface area (TPSA) is 106 Å². The number of sulfone groups is 1. The zero-order valence-electron chi connectivity index (χ0n) is 14.9. The lowest BCUT2D eigenvalue weighted by atomic mass is 10.1. The van der Waals surface area contributed by atoms with Gasteiger partial charge < -0.3 is 4.74 Å². The van der Waals surface area contributed by atoms with Crippen LogP contribution in [0.15, 0.2) is 57.2 Å². The first kappa shape index (κ1) is 16.9. The molecule has 2 aromatic carbocycles. The summed E-state index contributed by atoms with van der Waals surface area (Å²) >= 11 is 0. The Morgan fingerprint density at radius 3 is 2.57 bits per heavy atom. The summed E-state index contributed by atoms with van der Waals surface area (Å²) in [6.07, 6.45) is 2.28. The van der Waals surface area contributed by atoms with Crippen LogP contribution >= 0.6 is 0 Å². The number of benzene rings is 2. The van der Waals surface area contributed by atoms with Gasteiger partial charge in [-0.25, -0.2) is 18.1 Å². The second-order valence-electron chi connectivity index (χ2n) is 6.82. The SMILES string of the molecule is COc1ccc2c(=O)nc3c(S(=O)(=O)c4ccc(C5CC5)cc4)n[nH]n3c2c1. The minimum Gasteiger partial charge on any atom is -0.497 e. The molecule has 0 amide bonds. The Balaban J connectivity index is 1.71. The van der Waals surface area contributed by atoms with Gasteiger partial charge in [0, 0.05) is 6.07 Å². The molecule has 28 heavy (non-hydrogen) atoms. The van der Waals surface area contributed by atoms with Crippen LogP contribution in [0.25, 0.3) is 16.6 Å². The fraction of sp³-hybridized carbons (Fsp3) is 0.211. The molecular formula is C19H16N4O4S. The number of nitrogens with one attached hydrogen (secondary N) is 1. The van der Waals surface area contributed by atoms with Crippen molar-refractivity contribution < 1.29 is 13.2 Å². The number of hydrogen-bond acceptors (Lipinski definition) is 6. The fourth-order valence-electron chi connectivity index (χ4n) is 3.34. The van der Waals surface area contributed by atoms with Crippen molar-refractivity contribution >= 4 is 26.4 Å². The summed E-state index contributed by atoms with van der Waals surface area (Å²) in [5, 5.41) is 6.67. The number of aromatic nitrogens is 4. The van der Waals surface area contributed by atoms with Crippen molar-refractivity contribution in [3.05, 3.63) is 58.4 Å². The second-order valence-corrected chi connectivity index (χ2v) is 8.69.